The van der Waals surface area contributed by atoms with E-state index in [4.69, 9.17) is 4.99 Å². The van der Waals surface area contributed by atoms with Crippen molar-refractivity contribution in [3.63, 3.8) is 0 Å². The van der Waals surface area contributed by atoms with Crippen LogP contribution in [0.15, 0.2) is 121 Å². The number of nitrogens with zero attached hydrogens (tertiary/aromatic N) is 1. The normalized spacial score (nSPS) is 12.5. The van der Waals surface area contributed by atoms with Gasteiger partial charge < -0.3 is 10.6 Å². The van der Waals surface area contributed by atoms with Crippen LogP contribution < -0.4 is 10.6 Å². The first kappa shape index (κ1) is 20.9. The van der Waals surface area contributed by atoms with E-state index in [0.717, 1.165) is 51.7 Å². The van der Waals surface area contributed by atoms with Crippen molar-refractivity contribution in [2.45, 2.75) is 13.3 Å². The van der Waals surface area contributed by atoms with Gasteiger partial charge in [-0.25, -0.2) is 0 Å². The average Bonchev–Trinajstić information content (AvgIpc) is 3.14. The Morgan fingerprint density at radius 3 is 2.27 bits per heavy atom. The summed E-state index contributed by atoms with van der Waals surface area (Å²) in [7, 11) is 0. The highest BCUT2D eigenvalue weighted by molar-refractivity contribution is 6.06. The molecule has 0 aliphatic carbocycles. The molecule has 0 radical (unpaired) electrons. The first-order valence-corrected chi connectivity index (χ1v) is 9.80. The number of aliphatic imine (C=N–C) groups is 1. The lowest BCUT2D eigenvalue weighted by atomic mass is 10.0. The van der Waals surface area contributed by atoms with Crippen LogP contribution in [0.25, 0.3) is 0 Å². The summed E-state index contributed by atoms with van der Waals surface area (Å²) < 4.78 is 0. The molecule has 2 aromatic carbocycles. The van der Waals surface area contributed by atoms with E-state index in [-0.39, 0.29) is 0 Å². The fourth-order valence-corrected chi connectivity index (χ4v) is 3.07. The van der Waals surface area contributed by atoms with Crippen LogP contribution in [0.1, 0.15) is 18.1 Å². The third-order valence-corrected chi connectivity index (χ3v) is 4.52. The second-order valence-corrected chi connectivity index (χ2v) is 7.23. The number of anilines is 2. The van der Waals surface area contributed by atoms with E-state index in [9.17, 15) is 0 Å². The predicted octanol–water partition coefficient (Wildman–Crippen LogP) is 7.09. The molecule has 1 aliphatic heterocycles. The maximum atomic E-state index is 4.81. The minimum atomic E-state index is 0.806. The molecule has 0 saturated carbocycles. The molecule has 2 aromatic rings. The molecule has 3 rings (SSSR count). The Hall–Kier alpha value is -3.85. The molecular weight excluding hydrogens is 366 g/mol. The Bertz CT molecular complexity index is 1080. The zero-order chi connectivity index (χ0) is 21.5. The van der Waals surface area contributed by atoms with E-state index in [1.54, 1.807) is 6.08 Å². The molecule has 0 aromatic heterocycles. The fraction of sp³-hybridized carbons (Fsp3) is 0.0741. The van der Waals surface area contributed by atoms with Gasteiger partial charge in [-0.1, -0.05) is 62.2 Å². The van der Waals surface area contributed by atoms with Gasteiger partial charge in [-0.2, -0.15) is 0 Å². The largest absolute Gasteiger partial charge is 0.356 e. The number of hydrogen-bond donors (Lipinski definition) is 2. The van der Waals surface area contributed by atoms with Gasteiger partial charge in [-0.05, 0) is 60.5 Å². The number of rotatable bonds is 9. The highest BCUT2D eigenvalue weighted by atomic mass is 14.9. The van der Waals surface area contributed by atoms with Gasteiger partial charge in [0.25, 0.3) is 0 Å². The number of hydrogen-bond acceptors (Lipinski definition) is 3. The fourth-order valence-electron chi connectivity index (χ4n) is 3.07. The van der Waals surface area contributed by atoms with Crippen molar-refractivity contribution in [3.05, 3.63) is 127 Å². The minimum absolute atomic E-state index is 0.806. The summed E-state index contributed by atoms with van der Waals surface area (Å²) >= 11 is 0. The first-order valence-electron chi connectivity index (χ1n) is 9.80. The van der Waals surface area contributed by atoms with Gasteiger partial charge in [0.2, 0.25) is 0 Å². The summed E-state index contributed by atoms with van der Waals surface area (Å²) in [5.74, 6) is 0. The number of nitrogens with one attached hydrogen (secondary N) is 2. The van der Waals surface area contributed by atoms with Crippen LogP contribution in [-0.2, 0) is 6.42 Å². The molecule has 3 heteroatoms. The van der Waals surface area contributed by atoms with E-state index in [1.165, 1.54) is 5.56 Å². The van der Waals surface area contributed by atoms with Crippen LogP contribution in [0.2, 0.25) is 0 Å². The second kappa shape index (κ2) is 9.57. The van der Waals surface area contributed by atoms with Gasteiger partial charge in [0.15, 0.2) is 0 Å². The monoisotopic (exact) mass is 393 g/mol. The summed E-state index contributed by atoms with van der Waals surface area (Å²) in [6, 6.07) is 14.5. The Balaban J connectivity index is 1.65. The van der Waals surface area contributed by atoms with Crippen molar-refractivity contribution in [3.8, 4) is 0 Å². The first-order chi connectivity index (χ1) is 14.4. The molecule has 1 heterocycles. The third kappa shape index (κ3) is 5.58. The molecule has 150 valence electrons. The predicted molar refractivity (Wildman–Crippen MR) is 132 cm³/mol. The molecule has 0 amide bonds. The quantitative estimate of drug-likeness (QED) is 0.446. The van der Waals surface area contributed by atoms with Crippen molar-refractivity contribution < 1.29 is 0 Å². The van der Waals surface area contributed by atoms with Crippen LogP contribution in [0.4, 0.5) is 17.1 Å². The molecule has 1 aliphatic rings. The molecule has 0 spiro atoms. The van der Waals surface area contributed by atoms with E-state index >= 15 is 0 Å². The van der Waals surface area contributed by atoms with E-state index in [2.05, 4.69) is 55.1 Å². The van der Waals surface area contributed by atoms with Gasteiger partial charge in [0, 0.05) is 29.2 Å². The Morgan fingerprint density at radius 1 is 0.900 bits per heavy atom. The van der Waals surface area contributed by atoms with Crippen molar-refractivity contribution in [1.29, 1.82) is 0 Å². The van der Waals surface area contributed by atoms with E-state index in [1.807, 2.05) is 55.5 Å². The molecule has 0 fully saturated rings. The summed E-state index contributed by atoms with van der Waals surface area (Å²) in [5.41, 5.74) is 9.03. The van der Waals surface area contributed by atoms with Crippen molar-refractivity contribution in [1.82, 2.24) is 0 Å². The number of fused-ring (bicyclic) bond motifs is 1. The Morgan fingerprint density at radius 2 is 1.57 bits per heavy atom. The van der Waals surface area contributed by atoms with Crippen molar-refractivity contribution >= 4 is 22.8 Å². The Labute approximate surface area is 179 Å². The van der Waals surface area contributed by atoms with Gasteiger partial charge >= 0.3 is 0 Å². The van der Waals surface area contributed by atoms with Crippen LogP contribution in [0.3, 0.4) is 0 Å². The standard InChI is InChI=1S/C27H27N3/c1-6-7-8-20(4)28-24-13-11-22(12-14-24)27-18-23-17-25(15-16-26(23)30-27)29-21(5)10-9-19(2)3/h6-17,28-29H,1-2,4-5,18H2,3H3/b8-7-,10-9-. The summed E-state index contributed by atoms with van der Waals surface area (Å²) in [4.78, 5) is 4.81. The van der Waals surface area contributed by atoms with Gasteiger partial charge in [-0.3, -0.25) is 4.99 Å². The lowest BCUT2D eigenvalue weighted by Crippen LogP contribution is -2.02. The van der Waals surface area contributed by atoms with Gasteiger partial charge in [0.1, 0.15) is 0 Å². The molecule has 0 atom stereocenters. The zero-order valence-electron chi connectivity index (χ0n) is 17.4. The third-order valence-electron chi connectivity index (χ3n) is 4.52. The lowest BCUT2D eigenvalue weighted by molar-refractivity contribution is 1.37. The average molecular weight is 394 g/mol. The smallest absolute Gasteiger partial charge is 0.0670 e. The van der Waals surface area contributed by atoms with Crippen LogP contribution >= 0.6 is 0 Å². The summed E-state index contributed by atoms with van der Waals surface area (Å²) in [6.45, 7) is 17.5. The number of benzene rings is 2. The Kier molecular flexibility index (Phi) is 6.66. The highest BCUT2D eigenvalue weighted by Gasteiger charge is 2.16. The van der Waals surface area contributed by atoms with E-state index in [0.29, 0.717) is 0 Å². The van der Waals surface area contributed by atoms with Gasteiger partial charge in [0.05, 0.1) is 11.4 Å². The SMILES string of the molecule is C=C/C=C\C(=C)Nc1ccc(C2=Nc3ccc(NC(=C)/C=C\C(=C)C)cc3C2)cc1. The molecule has 3 nitrogen and oxygen atoms in total. The summed E-state index contributed by atoms with van der Waals surface area (Å²) in [6.07, 6.45) is 10.1. The van der Waals surface area contributed by atoms with Crippen molar-refractivity contribution in [2.75, 3.05) is 10.6 Å². The molecule has 0 unspecified atom stereocenters. The van der Waals surface area contributed by atoms with Gasteiger partial charge in [-0.15, -0.1) is 0 Å². The molecule has 0 bridgehead atoms. The van der Waals surface area contributed by atoms with Crippen LogP contribution in [-0.4, -0.2) is 5.71 Å². The van der Waals surface area contributed by atoms with Crippen molar-refractivity contribution in [2.24, 2.45) is 4.99 Å². The lowest BCUT2D eigenvalue weighted by Gasteiger charge is -2.08. The number of allylic oxidation sites excluding steroid dienone is 6. The topological polar surface area (TPSA) is 36.4 Å². The van der Waals surface area contributed by atoms with E-state index < -0.39 is 0 Å². The molecule has 30 heavy (non-hydrogen) atoms. The summed E-state index contributed by atoms with van der Waals surface area (Å²) in [5, 5.41) is 6.58. The van der Waals surface area contributed by atoms with Crippen LogP contribution in [0.5, 0.6) is 0 Å². The molecular formula is C27H27N3. The zero-order valence-corrected chi connectivity index (χ0v) is 17.4. The maximum absolute atomic E-state index is 4.81. The minimum Gasteiger partial charge on any atom is -0.356 e. The maximum Gasteiger partial charge on any atom is 0.0670 e. The highest BCUT2D eigenvalue weighted by Crippen LogP contribution is 2.32. The molecule has 0 saturated heterocycles. The van der Waals surface area contributed by atoms with Crippen LogP contribution in [0, 0.1) is 0 Å². The second-order valence-electron chi connectivity index (χ2n) is 7.23. The molecule has 2 N–H and O–H groups in total.